The Bertz CT molecular complexity index is 203. The van der Waals surface area contributed by atoms with Gasteiger partial charge in [-0.25, -0.2) is 0 Å². The number of Topliss-reactive ketones (excluding diaryl/α,β-unsaturated/α-hetero) is 1. The minimum Gasteiger partial charge on any atom is -0.299 e. The van der Waals surface area contributed by atoms with E-state index < -0.39 is 0 Å². The van der Waals surface area contributed by atoms with Gasteiger partial charge >= 0.3 is 0 Å². The Labute approximate surface area is 102 Å². The van der Waals surface area contributed by atoms with Crippen LogP contribution in [0.5, 0.6) is 0 Å². The van der Waals surface area contributed by atoms with Crippen LogP contribution in [0.15, 0.2) is 0 Å². The molecule has 1 heteroatoms. The van der Waals surface area contributed by atoms with Gasteiger partial charge in [-0.15, -0.1) is 0 Å². The zero-order valence-electron chi connectivity index (χ0n) is 12.2. The summed E-state index contributed by atoms with van der Waals surface area (Å²) in [7, 11) is 0. The van der Waals surface area contributed by atoms with E-state index in [2.05, 4.69) is 34.6 Å². The van der Waals surface area contributed by atoms with Crippen molar-refractivity contribution >= 4 is 5.78 Å². The highest BCUT2D eigenvalue weighted by Gasteiger charge is 2.24. The van der Waals surface area contributed by atoms with Crippen LogP contribution >= 0.6 is 0 Å². The molecular formula is C15H30O. The van der Waals surface area contributed by atoms with Crippen molar-refractivity contribution < 1.29 is 4.79 Å². The van der Waals surface area contributed by atoms with Gasteiger partial charge in [-0.1, -0.05) is 48.5 Å². The van der Waals surface area contributed by atoms with E-state index in [0.29, 0.717) is 23.5 Å². The lowest BCUT2D eigenvalue weighted by atomic mass is 9.79. The Balaban J connectivity index is 4.49. The molecule has 0 radical (unpaired) electrons. The van der Waals surface area contributed by atoms with E-state index in [1.807, 2.05) is 13.8 Å². The maximum absolute atomic E-state index is 12.1. The summed E-state index contributed by atoms with van der Waals surface area (Å²) < 4.78 is 0. The second-order valence-corrected chi connectivity index (χ2v) is 6.34. The molecule has 16 heavy (non-hydrogen) atoms. The lowest BCUT2D eigenvalue weighted by Gasteiger charge is -2.25. The molecule has 0 amide bonds. The molecule has 2 atom stereocenters. The van der Waals surface area contributed by atoms with Crippen molar-refractivity contribution in [1.82, 2.24) is 0 Å². The molecule has 0 aromatic rings. The number of carbonyl (C=O) groups is 1. The summed E-state index contributed by atoms with van der Waals surface area (Å²) in [6, 6.07) is 0. The molecule has 0 aliphatic carbocycles. The third-order valence-electron chi connectivity index (χ3n) is 3.52. The highest BCUT2D eigenvalue weighted by molar-refractivity contribution is 5.82. The van der Waals surface area contributed by atoms with E-state index in [1.54, 1.807) is 0 Å². The van der Waals surface area contributed by atoms with Crippen molar-refractivity contribution in [2.75, 3.05) is 0 Å². The summed E-state index contributed by atoms with van der Waals surface area (Å²) in [5.74, 6) is 2.86. The molecule has 0 spiro atoms. The molecular weight excluding hydrogens is 196 g/mol. The first-order valence-electron chi connectivity index (χ1n) is 6.79. The largest absolute Gasteiger partial charge is 0.299 e. The van der Waals surface area contributed by atoms with Gasteiger partial charge in [0.05, 0.1) is 0 Å². The average molecular weight is 226 g/mol. The van der Waals surface area contributed by atoms with E-state index >= 15 is 0 Å². The van der Waals surface area contributed by atoms with E-state index in [-0.39, 0.29) is 11.8 Å². The molecule has 0 rings (SSSR count). The van der Waals surface area contributed by atoms with Gasteiger partial charge in [0.1, 0.15) is 5.78 Å². The number of hydrogen-bond donors (Lipinski definition) is 0. The van der Waals surface area contributed by atoms with Crippen molar-refractivity contribution in [3.8, 4) is 0 Å². The van der Waals surface area contributed by atoms with Crippen LogP contribution in [0.3, 0.4) is 0 Å². The first-order valence-corrected chi connectivity index (χ1v) is 6.79. The zero-order valence-corrected chi connectivity index (χ0v) is 12.2. The minimum atomic E-state index is 0.183. The van der Waals surface area contributed by atoms with Crippen LogP contribution in [0.1, 0.15) is 61.3 Å². The second-order valence-electron chi connectivity index (χ2n) is 6.34. The molecule has 0 N–H and O–H groups in total. The highest BCUT2D eigenvalue weighted by atomic mass is 16.1. The van der Waals surface area contributed by atoms with Crippen LogP contribution in [0.4, 0.5) is 0 Å². The van der Waals surface area contributed by atoms with E-state index in [1.165, 1.54) is 0 Å². The maximum atomic E-state index is 12.1. The van der Waals surface area contributed by atoms with Crippen LogP contribution in [0.2, 0.25) is 0 Å². The zero-order chi connectivity index (χ0) is 12.9. The minimum absolute atomic E-state index is 0.183. The molecule has 0 saturated heterocycles. The van der Waals surface area contributed by atoms with Crippen molar-refractivity contribution in [2.24, 2.45) is 29.6 Å². The van der Waals surface area contributed by atoms with Gasteiger partial charge in [-0.05, 0) is 30.6 Å². The molecule has 96 valence electrons. The quantitative estimate of drug-likeness (QED) is 0.622. The van der Waals surface area contributed by atoms with Crippen molar-refractivity contribution in [1.29, 1.82) is 0 Å². The van der Waals surface area contributed by atoms with Crippen molar-refractivity contribution in [3.05, 3.63) is 0 Å². The van der Waals surface area contributed by atoms with Gasteiger partial charge in [0.2, 0.25) is 0 Å². The molecule has 0 bridgehead atoms. The summed E-state index contributed by atoms with van der Waals surface area (Å²) in [5, 5.41) is 0. The lowest BCUT2D eigenvalue weighted by molar-refractivity contribution is -0.127. The predicted octanol–water partition coefficient (Wildman–Crippen LogP) is 4.56. The summed E-state index contributed by atoms with van der Waals surface area (Å²) >= 11 is 0. The number of rotatable bonds is 7. The van der Waals surface area contributed by atoms with Crippen LogP contribution in [0, 0.1) is 29.6 Å². The molecule has 0 aromatic heterocycles. The molecule has 0 fully saturated rings. The van der Waals surface area contributed by atoms with Gasteiger partial charge in [-0.3, -0.25) is 4.79 Å². The first kappa shape index (κ1) is 15.7. The smallest absolute Gasteiger partial charge is 0.138 e. The second kappa shape index (κ2) is 7.09. The van der Waals surface area contributed by atoms with Crippen molar-refractivity contribution in [3.63, 3.8) is 0 Å². The van der Waals surface area contributed by atoms with Gasteiger partial charge in [0.25, 0.3) is 0 Å². The third-order valence-corrected chi connectivity index (χ3v) is 3.52. The molecule has 0 heterocycles. The molecule has 0 saturated carbocycles. The fourth-order valence-corrected chi connectivity index (χ4v) is 2.09. The van der Waals surface area contributed by atoms with E-state index in [4.69, 9.17) is 0 Å². The number of ketones is 1. The van der Waals surface area contributed by atoms with Crippen LogP contribution in [0.25, 0.3) is 0 Å². The molecule has 0 aliphatic rings. The summed E-state index contributed by atoms with van der Waals surface area (Å²) in [6.45, 7) is 15.2. The summed E-state index contributed by atoms with van der Waals surface area (Å²) in [6.07, 6.45) is 2.11. The highest BCUT2D eigenvalue weighted by Crippen LogP contribution is 2.27. The third kappa shape index (κ3) is 5.67. The van der Waals surface area contributed by atoms with Crippen LogP contribution in [-0.2, 0) is 4.79 Å². The molecule has 1 nitrogen and oxygen atoms in total. The fourth-order valence-electron chi connectivity index (χ4n) is 2.09. The van der Waals surface area contributed by atoms with E-state index in [9.17, 15) is 4.79 Å². The Morgan fingerprint density at radius 1 is 0.875 bits per heavy atom. The predicted molar refractivity (Wildman–Crippen MR) is 71.4 cm³/mol. The Morgan fingerprint density at radius 2 is 1.38 bits per heavy atom. The Kier molecular flexibility index (Phi) is 6.94. The standard InChI is InChI=1S/C15H30O/c1-10(2)8-14(15(16)12(5)6)9-13(7)11(3)4/h10-14H,8-9H2,1-7H3. The number of hydrogen-bond acceptors (Lipinski definition) is 1. The average Bonchev–Trinajstić information content (AvgIpc) is 2.14. The molecule has 0 aromatic carbocycles. The number of carbonyl (C=O) groups excluding carboxylic acids is 1. The summed E-state index contributed by atoms with van der Waals surface area (Å²) in [4.78, 5) is 12.1. The Morgan fingerprint density at radius 3 is 1.69 bits per heavy atom. The normalized spacial score (nSPS) is 15.9. The SMILES string of the molecule is CC(C)CC(CC(C)C(C)C)C(=O)C(C)C. The van der Waals surface area contributed by atoms with Gasteiger partial charge < -0.3 is 0 Å². The lowest BCUT2D eigenvalue weighted by Crippen LogP contribution is -2.24. The fraction of sp³-hybridized carbons (Fsp3) is 0.933. The molecule has 2 unspecified atom stereocenters. The summed E-state index contributed by atoms with van der Waals surface area (Å²) in [5.41, 5.74) is 0. The van der Waals surface area contributed by atoms with E-state index in [0.717, 1.165) is 12.8 Å². The first-order chi connectivity index (χ1) is 7.25. The van der Waals surface area contributed by atoms with Crippen molar-refractivity contribution in [2.45, 2.75) is 61.3 Å². The van der Waals surface area contributed by atoms with Gasteiger partial charge in [0.15, 0.2) is 0 Å². The van der Waals surface area contributed by atoms with Gasteiger partial charge in [0, 0.05) is 11.8 Å². The maximum Gasteiger partial charge on any atom is 0.138 e. The van der Waals surface area contributed by atoms with Gasteiger partial charge in [-0.2, -0.15) is 0 Å². The Hall–Kier alpha value is -0.330. The van der Waals surface area contributed by atoms with Crippen LogP contribution in [-0.4, -0.2) is 5.78 Å². The van der Waals surface area contributed by atoms with Crippen LogP contribution < -0.4 is 0 Å². The molecule has 0 aliphatic heterocycles. The topological polar surface area (TPSA) is 17.1 Å². The monoisotopic (exact) mass is 226 g/mol.